The molecule has 0 aliphatic heterocycles. The Morgan fingerprint density at radius 1 is 0.667 bits per heavy atom. The van der Waals surface area contributed by atoms with Crippen molar-refractivity contribution in [3.8, 4) is 11.5 Å². The molecule has 0 aliphatic rings. The molecule has 0 aromatic heterocycles. The largest absolute Gasteiger partial charge is 2.00 e. The average Bonchev–Trinajstić information content (AvgIpc) is 2.56. The Hall–Kier alpha value is -0.957. The monoisotopic (exact) mass is 462 g/mol. The van der Waals surface area contributed by atoms with Gasteiger partial charge >= 0.3 is 19.5 Å². The maximum Gasteiger partial charge on any atom is 2.00 e. The molecule has 0 amide bonds. The molecule has 0 saturated carbocycles. The number of para-hydroxylation sites is 2. The second-order valence-electron chi connectivity index (χ2n) is 6.08. The van der Waals surface area contributed by atoms with Crippen molar-refractivity contribution in [2.75, 3.05) is 0 Å². The first-order valence-corrected chi connectivity index (χ1v) is 11.4. The van der Waals surface area contributed by atoms with E-state index in [0.717, 1.165) is 0 Å². The molecule has 0 spiro atoms. The van der Waals surface area contributed by atoms with E-state index in [1.807, 2.05) is 0 Å². The summed E-state index contributed by atoms with van der Waals surface area (Å²) in [6.07, 6.45) is 0. The van der Waals surface area contributed by atoms with E-state index in [9.17, 15) is 18.9 Å². The van der Waals surface area contributed by atoms with Gasteiger partial charge in [-0.15, -0.1) is 0 Å². The zero-order valence-corrected chi connectivity index (χ0v) is 20.7. The van der Waals surface area contributed by atoms with Gasteiger partial charge in [0, 0.05) is 11.3 Å². The van der Waals surface area contributed by atoms with Crippen LogP contribution < -0.4 is 18.8 Å². The van der Waals surface area contributed by atoms with Crippen LogP contribution >= 0.6 is 15.2 Å². The van der Waals surface area contributed by atoms with Crippen LogP contribution in [0.3, 0.4) is 0 Å². The van der Waals surface area contributed by atoms with Crippen LogP contribution in [0.4, 0.5) is 0 Å². The van der Waals surface area contributed by atoms with Gasteiger partial charge in [-0.2, -0.15) is 0 Å². The van der Waals surface area contributed by atoms with E-state index in [0.29, 0.717) is 11.5 Å². The summed E-state index contributed by atoms with van der Waals surface area (Å²) >= 11 is 0. The minimum Gasteiger partial charge on any atom is -0.769 e. The predicted octanol–water partition coefficient (Wildman–Crippen LogP) is 4.05. The normalized spacial score (nSPS) is 14.8. The average molecular weight is 464 g/mol. The number of hydrogen-bond donors (Lipinski definition) is 0. The molecule has 2 unspecified atom stereocenters. The van der Waals surface area contributed by atoms with Gasteiger partial charge in [0.1, 0.15) is 11.5 Å². The Morgan fingerprint density at radius 3 is 1.15 bits per heavy atom. The molecule has 9 heteroatoms. The maximum atomic E-state index is 11.3. The van der Waals surface area contributed by atoms with E-state index in [1.165, 1.54) is 0 Å². The molecule has 2 aromatic carbocycles. The Morgan fingerprint density at radius 2 is 0.926 bits per heavy atom. The molecular weight excluding hydrogens is 440 g/mol. The van der Waals surface area contributed by atoms with Crippen molar-refractivity contribution < 1.29 is 47.4 Å². The Labute approximate surface area is 173 Å². The van der Waals surface area contributed by atoms with Gasteiger partial charge in [-0.25, -0.2) is 0 Å². The fourth-order valence-electron chi connectivity index (χ4n) is 1.47. The van der Waals surface area contributed by atoms with Crippen molar-refractivity contribution in [2.24, 2.45) is 0 Å². The Bertz CT molecular complexity index is 687. The first-order valence-electron chi connectivity index (χ1n) is 8.15. The van der Waals surface area contributed by atoms with E-state index < -0.39 is 26.5 Å². The van der Waals surface area contributed by atoms with Crippen LogP contribution in [0.1, 0.15) is 27.7 Å². The van der Waals surface area contributed by atoms with Gasteiger partial charge < -0.3 is 18.8 Å². The van der Waals surface area contributed by atoms with Crippen LogP contribution in [0.15, 0.2) is 60.7 Å². The van der Waals surface area contributed by atoms with Crippen molar-refractivity contribution >= 4 is 15.2 Å². The van der Waals surface area contributed by atoms with E-state index in [-0.39, 0.29) is 19.5 Å². The van der Waals surface area contributed by atoms with Gasteiger partial charge in [0.2, 0.25) is 0 Å². The summed E-state index contributed by atoms with van der Waals surface area (Å²) in [4.78, 5) is 22.6. The van der Waals surface area contributed by atoms with Crippen molar-refractivity contribution in [1.82, 2.24) is 0 Å². The molecule has 0 N–H and O–H groups in total. The molecule has 0 heterocycles. The zero-order chi connectivity index (χ0) is 19.8. The molecule has 0 bridgehead atoms. The second kappa shape index (κ2) is 11.8. The molecule has 0 radical (unpaired) electrons. The first kappa shape index (κ1) is 26.0. The molecule has 0 fully saturated rings. The standard InChI is InChI=1S/2C9H13O3P.Zn/c2*1-8(2)13(10,11)12-9-6-4-3-5-7-9;/h2*3-8H,1-2H3,(H,10,11);/q;;+2/p-2. The summed E-state index contributed by atoms with van der Waals surface area (Å²) in [5.41, 5.74) is -0.986. The summed E-state index contributed by atoms with van der Waals surface area (Å²) in [6.45, 7) is 6.38. The van der Waals surface area contributed by atoms with Crippen molar-refractivity contribution in [1.29, 1.82) is 0 Å². The molecule has 2 aromatic rings. The summed E-state index contributed by atoms with van der Waals surface area (Å²) in [6, 6.07) is 17.0. The van der Waals surface area contributed by atoms with Crippen LogP contribution in [0.2, 0.25) is 0 Å². The molecule has 144 valence electrons. The summed E-state index contributed by atoms with van der Waals surface area (Å²) in [5, 5.41) is 0. The summed E-state index contributed by atoms with van der Waals surface area (Å²) in [7, 11) is -7.47. The topological polar surface area (TPSA) is 98.7 Å². The molecule has 6 nitrogen and oxygen atoms in total. The number of rotatable bonds is 6. The van der Waals surface area contributed by atoms with Crippen LogP contribution in [0.25, 0.3) is 0 Å². The Balaban J connectivity index is 0.000000483. The summed E-state index contributed by atoms with van der Waals surface area (Å²) in [5.74, 6) is 0.740. The van der Waals surface area contributed by atoms with E-state index in [4.69, 9.17) is 9.05 Å². The minimum atomic E-state index is -3.74. The maximum absolute atomic E-state index is 11.3. The van der Waals surface area contributed by atoms with Crippen LogP contribution in [-0.4, -0.2) is 11.3 Å². The predicted molar refractivity (Wildman–Crippen MR) is 99.6 cm³/mol. The number of hydrogen-bond acceptors (Lipinski definition) is 6. The third-order valence-electron chi connectivity index (χ3n) is 3.22. The van der Waals surface area contributed by atoms with Gasteiger partial charge in [-0.3, -0.25) is 9.13 Å². The molecule has 2 rings (SSSR count). The number of benzene rings is 2. The second-order valence-corrected chi connectivity index (χ2v) is 10.7. The smallest absolute Gasteiger partial charge is 0.769 e. The van der Waals surface area contributed by atoms with Gasteiger partial charge in [0.05, 0.1) is 0 Å². The van der Waals surface area contributed by atoms with Crippen LogP contribution in [0.5, 0.6) is 11.5 Å². The SMILES string of the molecule is CC(C)P(=O)([O-])Oc1ccccc1.CC(C)P(=O)([O-])Oc1ccccc1.[Zn+2]. The Kier molecular flexibility index (Phi) is 11.4. The van der Waals surface area contributed by atoms with Gasteiger partial charge in [-0.1, -0.05) is 64.1 Å². The van der Waals surface area contributed by atoms with Crippen LogP contribution in [0, 0.1) is 0 Å². The van der Waals surface area contributed by atoms with E-state index in [1.54, 1.807) is 88.4 Å². The molecule has 0 saturated heterocycles. The van der Waals surface area contributed by atoms with Crippen molar-refractivity contribution in [2.45, 2.75) is 39.0 Å². The zero-order valence-electron chi connectivity index (χ0n) is 16.0. The third kappa shape index (κ3) is 9.69. The third-order valence-corrected chi connectivity index (χ3v) is 6.68. The van der Waals surface area contributed by atoms with Gasteiger partial charge in [0.25, 0.3) is 0 Å². The molecule has 27 heavy (non-hydrogen) atoms. The quantitative estimate of drug-likeness (QED) is 0.473. The molecule has 0 aliphatic carbocycles. The first-order chi connectivity index (χ1) is 12.0. The van der Waals surface area contributed by atoms with Crippen molar-refractivity contribution in [3.63, 3.8) is 0 Å². The fraction of sp³-hybridized carbons (Fsp3) is 0.333. The fourth-order valence-corrected chi connectivity index (χ4v) is 2.72. The van der Waals surface area contributed by atoms with E-state index in [2.05, 4.69) is 0 Å². The van der Waals surface area contributed by atoms with Gasteiger partial charge in [0.15, 0.2) is 15.2 Å². The summed E-state index contributed by atoms with van der Waals surface area (Å²) < 4.78 is 32.3. The van der Waals surface area contributed by atoms with Crippen LogP contribution in [-0.2, 0) is 28.6 Å². The van der Waals surface area contributed by atoms with Crippen molar-refractivity contribution in [3.05, 3.63) is 60.7 Å². The van der Waals surface area contributed by atoms with Gasteiger partial charge in [-0.05, 0) is 24.3 Å². The molecular formula is C18H24O6P2Zn. The van der Waals surface area contributed by atoms with E-state index >= 15 is 0 Å². The minimum absolute atomic E-state index is 0. The molecule has 2 atom stereocenters.